The van der Waals surface area contributed by atoms with Crippen molar-refractivity contribution in [3.8, 4) is 11.8 Å². The van der Waals surface area contributed by atoms with E-state index in [1.54, 1.807) is 18.3 Å². The predicted molar refractivity (Wildman–Crippen MR) is 55.4 cm³/mol. The Kier molecular flexibility index (Phi) is 2.84. The molecule has 1 aromatic rings. The molecule has 0 radical (unpaired) electrons. The van der Waals surface area contributed by atoms with Gasteiger partial charge in [0, 0.05) is 6.04 Å². The molecule has 0 aromatic carbocycles. The Morgan fingerprint density at radius 3 is 2.93 bits per heavy atom. The van der Waals surface area contributed by atoms with Crippen molar-refractivity contribution in [2.45, 2.75) is 25.5 Å². The fraction of sp³-hybridized carbons (Fsp3) is 0.455. The zero-order chi connectivity index (χ0) is 10.7. The van der Waals surface area contributed by atoms with Gasteiger partial charge in [-0.15, -0.1) is 0 Å². The van der Waals surface area contributed by atoms with E-state index in [0.29, 0.717) is 11.7 Å². The standard InChI is InChI=1S/C11H13N3O/c1-8(11-4-5-13-11)15-10-3-2-9(6-12)14-7-10/h2-3,7-8,11,13H,4-5H2,1H3. The Labute approximate surface area is 88.9 Å². The third-order valence-corrected chi connectivity index (χ3v) is 2.60. The van der Waals surface area contributed by atoms with Crippen LogP contribution in [0.25, 0.3) is 0 Å². The summed E-state index contributed by atoms with van der Waals surface area (Å²) in [6, 6.07) is 5.86. The Morgan fingerprint density at radius 2 is 2.47 bits per heavy atom. The van der Waals surface area contributed by atoms with Crippen LogP contribution in [0.1, 0.15) is 19.0 Å². The van der Waals surface area contributed by atoms with Gasteiger partial charge in [-0.05, 0) is 32.0 Å². The molecule has 0 spiro atoms. The van der Waals surface area contributed by atoms with Crippen LogP contribution in [-0.4, -0.2) is 23.7 Å². The van der Waals surface area contributed by atoms with Crippen molar-refractivity contribution >= 4 is 0 Å². The summed E-state index contributed by atoms with van der Waals surface area (Å²) in [5, 5.41) is 11.9. The van der Waals surface area contributed by atoms with Crippen LogP contribution in [0.4, 0.5) is 0 Å². The number of pyridine rings is 1. The van der Waals surface area contributed by atoms with Gasteiger partial charge in [-0.25, -0.2) is 4.98 Å². The zero-order valence-electron chi connectivity index (χ0n) is 8.60. The van der Waals surface area contributed by atoms with Crippen LogP contribution in [0.5, 0.6) is 5.75 Å². The molecule has 1 aliphatic rings. The molecule has 4 heteroatoms. The van der Waals surface area contributed by atoms with E-state index >= 15 is 0 Å². The molecule has 1 saturated heterocycles. The van der Waals surface area contributed by atoms with E-state index in [0.717, 1.165) is 18.7 Å². The van der Waals surface area contributed by atoms with E-state index in [-0.39, 0.29) is 6.10 Å². The Balaban J connectivity index is 1.95. The SMILES string of the molecule is CC(Oc1ccc(C#N)nc1)C1CCN1. The van der Waals surface area contributed by atoms with E-state index < -0.39 is 0 Å². The van der Waals surface area contributed by atoms with Crippen LogP contribution in [0.2, 0.25) is 0 Å². The van der Waals surface area contributed by atoms with Gasteiger partial charge in [0.25, 0.3) is 0 Å². The summed E-state index contributed by atoms with van der Waals surface area (Å²) >= 11 is 0. The summed E-state index contributed by atoms with van der Waals surface area (Å²) in [5.74, 6) is 0.718. The van der Waals surface area contributed by atoms with E-state index in [1.807, 2.05) is 13.0 Å². The molecule has 2 unspecified atom stereocenters. The first-order chi connectivity index (χ1) is 7.29. The van der Waals surface area contributed by atoms with Crippen LogP contribution in [-0.2, 0) is 0 Å². The van der Waals surface area contributed by atoms with Crippen LogP contribution in [0.3, 0.4) is 0 Å². The fourth-order valence-electron chi connectivity index (χ4n) is 1.52. The maximum Gasteiger partial charge on any atom is 0.140 e. The van der Waals surface area contributed by atoms with E-state index in [2.05, 4.69) is 10.3 Å². The van der Waals surface area contributed by atoms with E-state index in [9.17, 15) is 0 Å². The van der Waals surface area contributed by atoms with Crippen molar-refractivity contribution in [3.05, 3.63) is 24.0 Å². The summed E-state index contributed by atoms with van der Waals surface area (Å²) in [5.41, 5.74) is 0.414. The van der Waals surface area contributed by atoms with Crippen molar-refractivity contribution in [2.24, 2.45) is 0 Å². The van der Waals surface area contributed by atoms with Gasteiger partial charge in [0.1, 0.15) is 23.6 Å². The lowest BCUT2D eigenvalue weighted by Crippen LogP contribution is -2.51. The minimum Gasteiger partial charge on any atom is -0.487 e. The van der Waals surface area contributed by atoms with Gasteiger partial charge in [-0.2, -0.15) is 5.26 Å². The maximum absolute atomic E-state index is 8.58. The third-order valence-electron chi connectivity index (χ3n) is 2.60. The molecular formula is C11H13N3O. The number of rotatable bonds is 3. The first-order valence-electron chi connectivity index (χ1n) is 5.06. The van der Waals surface area contributed by atoms with Gasteiger partial charge in [-0.1, -0.05) is 0 Å². The van der Waals surface area contributed by atoms with Crippen LogP contribution < -0.4 is 10.1 Å². The van der Waals surface area contributed by atoms with Gasteiger partial charge in [-0.3, -0.25) is 0 Å². The van der Waals surface area contributed by atoms with Crippen LogP contribution in [0.15, 0.2) is 18.3 Å². The van der Waals surface area contributed by atoms with Crippen molar-refractivity contribution < 1.29 is 4.74 Å². The number of nitrogens with one attached hydrogen (secondary N) is 1. The van der Waals surface area contributed by atoms with E-state index in [4.69, 9.17) is 10.00 Å². The zero-order valence-corrected chi connectivity index (χ0v) is 8.60. The molecule has 0 saturated carbocycles. The highest BCUT2D eigenvalue weighted by Gasteiger charge is 2.24. The molecule has 2 atom stereocenters. The molecule has 2 rings (SSSR count). The van der Waals surface area contributed by atoms with Gasteiger partial charge in [0.05, 0.1) is 6.20 Å². The second-order valence-electron chi connectivity index (χ2n) is 3.66. The first-order valence-corrected chi connectivity index (χ1v) is 5.06. The first kappa shape index (κ1) is 9.94. The minimum atomic E-state index is 0.147. The predicted octanol–water partition coefficient (Wildman–Crippen LogP) is 1.08. The lowest BCUT2D eigenvalue weighted by atomic mass is 10.0. The molecule has 1 fully saturated rings. The molecule has 78 valence electrons. The van der Waals surface area contributed by atoms with Crippen molar-refractivity contribution in [2.75, 3.05) is 6.54 Å². The molecule has 15 heavy (non-hydrogen) atoms. The third kappa shape index (κ3) is 2.25. The molecule has 0 aliphatic carbocycles. The van der Waals surface area contributed by atoms with E-state index in [1.165, 1.54) is 0 Å². The molecular weight excluding hydrogens is 190 g/mol. The molecule has 0 bridgehead atoms. The van der Waals surface area contributed by atoms with Crippen LogP contribution >= 0.6 is 0 Å². The number of hydrogen-bond donors (Lipinski definition) is 1. The van der Waals surface area contributed by atoms with Gasteiger partial charge < -0.3 is 10.1 Å². The lowest BCUT2D eigenvalue weighted by molar-refractivity contribution is 0.133. The Bertz CT molecular complexity index is 364. The largest absolute Gasteiger partial charge is 0.487 e. The molecule has 1 aromatic heterocycles. The average molecular weight is 203 g/mol. The minimum absolute atomic E-state index is 0.147. The van der Waals surface area contributed by atoms with Gasteiger partial charge >= 0.3 is 0 Å². The summed E-state index contributed by atoms with van der Waals surface area (Å²) in [6.07, 6.45) is 2.90. The normalized spacial score (nSPS) is 21.2. The molecule has 1 N–H and O–H groups in total. The molecule has 1 aliphatic heterocycles. The van der Waals surface area contributed by atoms with Crippen molar-refractivity contribution in [1.29, 1.82) is 5.26 Å². The molecule has 2 heterocycles. The summed E-state index contributed by atoms with van der Waals surface area (Å²) < 4.78 is 5.68. The average Bonchev–Trinajstić information content (AvgIpc) is 2.16. The molecule has 0 amide bonds. The summed E-state index contributed by atoms with van der Waals surface area (Å²) in [6.45, 7) is 3.11. The van der Waals surface area contributed by atoms with Crippen molar-refractivity contribution in [3.63, 3.8) is 0 Å². The number of hydrogen-bond acceptors (Lipinski definition) is 4. The number of aromatic nitrogens is 1. The monoisotopic (exact) mass is 203 g/mol. The van der Waals surface area contributed by atoms with Gasteiger partial charge in [0.2, 0.25) is 0 Å². The highest BCUT2D eigenvalue weighted by Crippen LogP contribution is 2.16. The highest BCUT2D eigenvalue weighted by atomic mass is 16.5. The fourth-order valence-corrected chi connectivity index (χ4v) is 1.52. The summed E-state index contributed by atoms with van der Waals surface area (Å²) in [4.78, 5) is 3.95. The lowest BCUT2D eigenvalue weighted by Gasteiger charge is -2.33. The quantitative estimate of drug-likeness (QED) is 0.798. The maximum atomic E-state index is 8.58. The highest BCUT2D eigenvalue weighted by molar-refractivity contribution is 5.26. The summed E-state index contributed by atoms with van der Waals surface area (Å²) in [7, 11) is 0. The van der Waals surface area contributed by atoms with Crippen LogP contribution in [0, 0.1) is 11.3 Å². The Hall–Kier alpha value is -1.60. The number of nitrogens with zero attached hydrogens (tertiary/aromatic N) is 2. The number of ether oxygens (including phenoxy) is 1. The van der Waals surface area contributed by atoms with Crippen molar-refractivity contribution in [1.82, 2.24) is 10.3 Å². The number of nitriles is 1. The smallest absolute Gasteiger partial charge is 0.140 e. The Morgan fingerprint density at radius 1 is 1.67 bits per heavy atom. The van der Waals surface area contributed by atoms with Gasteiger partial charge in [0.15, 0.2) is 0 Å². The topological polar surface area (TPSA) is 57.9 Å². The second kappa shape index (κ2) is 4.28. The molecule has 4 nitrogen and oxygen atoms in total. The second-order valence-corrected chi connectivity index (χ2v) is 3.66.